The zero-order valence-corrected chi connectivity index (χ0v) is 15.6. The molecule has 0 aromatic carbocycles. The van der Waals surface area contributed by atoms with E-state index in [0.29, 0.717) is 18.8 Å². The Labute approximate surface area is 137 Å². The average Bonchev–Trinajstić information content (AvgIpc) is 2.52. The van der Waals surface area contributed by atoms with E-state index >= 15 is 0 Å². The van der Waals surface area contributed by atoms with Crippen molar-refractivity contribution in [3.05, 3.63) is 24.3 Å². The van der Waals surface area contributed by atoms with Crippen LogP contribution in [-0.4, -0.2) is 31.4 Å². The minimum Gasteiger partial charge on any atom is -0.467 e. The SMILES string of the molecule is C=C/C(=C\CCCC)C(C)(C)NC.CC.O=COCCS. The summed E-state index contributed by atoms with van der Waals surface area (Å²) in [6.45, 7) is 15.2. The lowest BCUT2D eigenvalue weighted by Crippen LogP contribution is -2.37. The molecule has 0 amide bonds. The first-order chi connectivity index (χ1) is 9.99. The zero-order valence-electron chi connectivity index (χ0n) is 14.7. The summed E-state index contributed by atoms with van der Waals surface area (Å²) in [4.78, 5) is 9.31. The summed E-state index contributed by atoms with van der Waals surface area (Å²) in [5.74, 6) is 0.596. The quantitative estimate of drug-likeness (QED) is 0.286. The number of carbonyl (C=O) groups excluding carboxylic acids is 1. The van der Waals surface area contributed by atoms with Crippen molar-refractivity contribution in [2.24, 2.45) is 0 Å². The molecular formula is C17H35NO2S. The van der Waals surface area contributed by atoms with E-state index in [-0.39, 0.29) is 5.54 Å². The smallest absolute Gasteiger partial charge is 0.293 e. The van der Waals surface area contributed by atoms with Crippen LogP contribution in [0.2, 0.25) is 0 Å². The van der Waals surface area contributed by atoms with Crippen LogP contribution >= 0.6 is 12.6 Å². The van der Waals surface area contributed by atoms with Crippen LogP contribution in [-0.2, 0) is 9.53 Å². The molecule has 0 heterocycles. The van der Waals surface area contributed by atoms with Crippen molar-refractivity contribution in [2.75, 3.05) is 19.4 Å². The third-order valence-electron chi connectivity index (χ3n) is 2.77. The van der Waals surface area contributed by atoms with E-state index in [4.69, 9.17) is 0 Å². The van der Waals surface area contributed by atoms with Gasteiger partial charge in [-0.2, -0.15) is 12.6 Å². The maximum atomic E-state index is 9.31. The second-order valence-electron chi connectivity index (χ2n) is 4.57. The Bertz CT molecular complexity index is 264. The molecule has 0 rings (SSSR count). The van der Waals surface area contributed by atoms with Gasteiger partial charge in [-0.25, -0.2) is 0 Å². The van der Waals surface area contributed by atoms with E-state index in [1.807, 2.05) is 27.0 Å². The summed E-state index contributed by atoms with van der Waals surface area (Å²) in [7, 11) is 1.98. The van der Waals surface area contributed by atoms with Crippen molar-refractivity contribution >= 4 is 19.1 Å². The summed E-state index contributed by atoms with van der Waals surface area (Å²) in [5.41, 5.74) is 1.35. The lowest BCUT2D eigenvalue weighted by atomic mass is 9.93. The van der Waals surface area contributed by atoms with Gasteiger partial charge >= 0.3 is 0 Å². The van der Waals surface area contributed by atoms with E-state index < -0.39 is 0 Å². The molecule has 0 aromatic rings. The molecule has 1 N–H and O–H groups in total. The summed E-state index contributed by atoms with van der Waals surface area (Å²) in [6.07, 6.45) is 7.90. The topological polar surface area (TPSA) is 38.3 Å². The molecule has 0 aliphatic heterocycles. The second kappa shape index (κ2) is 19.3. The highest BCUT2D eigenvalue weighted by molar-refractivity contribution is 7.80. The normalized spacial score (nSPS) is 10.5. The number of unbranched alkanes of at least 4 members (excludes halogenated alkanes) is 2. The van der Waals surface area contributed by atoms with E-state index in [9.17, 15) is 4.79 Å². The number of thiol groups is 1. The Morgan fingerprint density at radius 3 is 2.24 bits per heavy atom. The molecule has 0 spiro atoms. The summed E-state index contributed by atoms with van der Waals surface area (Å²) < 4.78 is 4.23. The van der Waals surface area contributed by atoms with Crippen LogP contribution in [0.3, 0.4) is 0 Å². The molecular weight excluding hydrogens is 282 g/mol. The number of ether oxygens (including phenoxy) is 1. The average molecular weight is 318 g/mol. The molecule has 21 heavy (non-hydrogen) atoms. The monoisotopic (exact) mass is 317 g/mol. The molecule has 126 valence electrons. The highest BCUT2D eigenvalue weighted by Crippen LogP contribution is 2.17. The molecule has 0 aliphatic carbocycles. The second-order valence-corrected chi connectivity index (χ2v) is 5.02. The van der Waals surface area contributed by atoms with Gasteiger partial charge in [0, 0.05) is 11.3 Å². The largest absolute Gasteiger partial charge is 0.467 e. The molecule has 4 heteroatoms. The molecule has 0 unspecified atom stereocenters. The van der Waals surface area contributed by atoms with Crippen LogP contribution in [0.25, 0.3) is 0 Å². The molecule has 0 atom stereocenters. The van der Waals surface area contributed by atoms with Gasteiger partial charge in [0.2, 0.25) is 0 Å². The maximum Gasteiger partial charge on any atom is 0.293 e. The van der Waals surface area contributed by atoms with Crippen LogP contribution < -0.4 is 5.32 Å². The predicted molar refractivity (Wildman–Crippen MR) is 98.2 cm³/mol. The van der Waals surface area contributed by atoms with Gasteiger partial charge in [0.15, 0.2) is 0 Å². The molecule has 0 aromatic heterocycles. The van der Waals surface area contributed by atoms with Crippen molar-refractivity contribution in [1.29, 1.82) is 0 Å². The Kier molecular flexibility index (Phi) is 23.1. The number of likely N-dealkylation sites (N-methyl/N-ethyl adjacent to an activating group) is 1. The Morgan fingerprint density at radius 2 is 1.95 bits per heavy atom. The molecule has 3 nitrogen and oxygen atoms in total. The molecule has 0 saturated carbocycles. The van der Waals surface area contributed by atoms with Crippen molar-refractivity contribution in [1.82, 2.24) is 5.32 Å². The van der Waals surface area contributed by atoms with Crippen molar-refractivity contribution in [2.45, 2.75) is 59.4 Å². The van der Waals surface area contributed by atoms with Gasteiger partial charge in [-0.05, 0) is 32.9 Å². The van der Waals surface area contributed by atoms with Gasteiger partial charge in [-0.3, -0.25) is 4.79 Å². The van der Waals surface area contributed by atoms with Crippen LogP contribution in [0.15, 0.2) is 24.3 Å². The Hall–Kier alpha value is -0.740. The van der Waals surface area contributed by atoms with E-state index in [0.717, 1.165) is 6.42 Å². The van der Waals surface area contributed by atoms with Gasteiger partial charge in [-0.15, -0.1) is 0 Å². The number of rotatable bonds is 9. The number of allylic oxidation sites excluding steroid dienone is 1. The zero-order chi connectivity index (χ0) is 17.1. The highest BCUT2D eigenvalue weighted by Gasteiger charge is 2.17. The first-order valence-electron chi connectivity index (χ1n) is 7.68. The lowest BCUT2D eigenvalue weighted by molar-refractivity contribution is -0.128. The highest BCUT2D eigenvalue weighted by atomic mass is 32.1. The van der Waals surface area contributed by atoms with Crippen molar-refractivity contribution < 1.29 is 9.53 Å². The minimum absolute atomic E-state index is 0.0511. The lowest BCUT2D eigenvalue weighted by Gasteiger charge is -2.25. The number of carbonyl (C=O) groups is 1. The third kappa shape index (κ3) is 17.2. The van der Waals surface area contributed by atoms with Crippen LogP contribution in [0.4, 0.5) is 0 Å². The molecule has 0 saturated heterocycles. The fraction of sp³-hybridized carbons (Fsp3) is 0.706. The van der Waals surface area contributed by atoms with Gasteiger partial charge in [0.05, 0.1) is 6.61 Å². The molecule has 0 aliphatic rings. The molecule has 0 bridgehead atoms. The van der Waals surface area contributed by atoms with E-state index in [1.165, 1.54) is 18.4 Å². The first-order valence-corrected chi connectivity index (χ1v) is 8.31. The fourth-order valence-electron chi connectivity index (χ4n) is 1.30. The Balaban J connectivity index is -0.000000339. The van der Waals surface area contributed by atoms with Gasteiger partial charge < -0.3 is 10.1 Å². The van der Waals surface area contributed by atoms with Gasteiger partial charge in [0.1, 0.15) is 0 Å². The van der Waals surface area contributed by atoms with Crippen molar-refractivity contribution in [3.8, 4) is 0 Å². The summed E-state index contributed by atoms with van der Waals surface area (Å²) in [6, 6.07) is 0. The minimum atomic E-state index is 0.0511. The third-order valence-corrected chi connectivity index (χ3v) is 2.95. The van der Waals surface area contributed by atoms with Crippen LogP contribution in [0.5, 0.6) is 0 Å². The fourth-order valence-corrected chi connectivity index (χ4v) is 1.41. The van der Waals surface area contributed by atoms with Crippen molar-refractivity contribution in [3.63, 3.8) is 0 Å². The number of nitrogens with one attached hydrogen (secondary N) is 1. The Morgan fingerprint density at radius 1 is 1.38 bits per heavy atom. The number of hydrogen-bond donors (Lipinski definition) is 2. The summed E-state index contributed by atoms with van der Waals surface area (Å²) in [5, 5.41) is 3.28. The number of hydrogen-bond acceptors (Lipinski definition) is 4. The molecule has 0 radical (unpaired) electrons. The van der Waals surface area contributed by atoms with Gasteiger partial charge in [-0.1, -0.05) is 52.3 Å². The summed E-state index contributed by atoms with van der Waals surface area (Å²) >= 11 is 3.77. The van der Waals surface area contributed by atoms with Gasteiger partial charge in [0.25, 0.3) is 6.47 Å². The van der Waals surface area contributed by atoms with E-state index in [2.05, 4.69) is 56.1 Å². The standard InChI is InChI=1S/C12H23N.C3H6O2S.C2H6/c1-6-8-9-10-11(7-2)12(3,4)13-5;4-3-5-1-2-6;1-2/h7,10,13H,2,6,8-9H2,1,3-5H3;3,6H,1-2H2;1-2H3/b11-10+;;. The van der Waals surface area contributed by atoms with Crippen LogP contribution in [0, 0.1) is 0 Å². The first kappa shape index (κ1) is 25.2. The van der Waals surface area contributed by atoms with Crippen LogP contribution in [0.1, 0.15) is 53.9 Å². The predicted octanol–water partition coefficient (Wildman–Crippen LogP) is 4.40. The maximum absolute atomic E-state index is 9.31. The van der Waals surface area contributed by atoms with E-state index in [1.54, 1.807) is 0 Å². The molecule has 0 fully saturated rings.